The Balaban J connectivity index is 1.16. The highest BCUT2D eigenvalue weighted by Gasteiger charge is 2.26. The first kappa shape index (κ1) is 23.7. The smallest absolute Gasteiger partial charge is 0.243 e. The van der Waals surface area contributed by atoms with Crippen molar-refractivity contribution in [2.45, 2.75) is 62.8 Å². The van der Waals surface area contributed by atoms with Crippen molar-refractivity contribution in [3.63, 3.8) is 0 Å². The lowest BCUT2D eigenvalue weighted by Gasteiger charge is -2.15. The molecule has 2 aliphatic heterocycles. The monoisotopic (exact) mass is 493 g/mol. The Kier molecular flexibility index (Phi) is 6.97. The molecule has 0 saturated carbocycles. The molecule has 0 aliphatic carbocycles. The Labute approximate surface area is 206 Å². The van der Waals surface area contributed by atoms with Gasteiger partial charge >= 0.3 is 0 Å². The molecule has 2 aromatic carbocycles. The summed E-state index contributed by atoms with van der Waals surface area (Å²) >= 11 is 0. The number of amides is 1. The molecule has 184 valence electrons. The predicted octanol–water partition coefficient (Wildman–Crippen LogP) is 4.03. The summed E-state index contributed by atoms with van der Waals surface area (Å²) < 4.78 is 29.1. The summed E-state index contributed by atoms with van der Waals surface area (Å²) in [5.41, 5.74) is 2.66. The normalized spacial score (nSPS) is 16.6. The van der Waals surface area contributed by atoms with Crippen LogP contribution in [0.5, 0.6) is 0 Å². The third-order valence-corrected chi connectivity index (χ3v) is 8.72. The number of benzene rings is 2. The van der Waals surface area contributed by atoms with Crippen LogP contribution in [0.3, 0.4) is 0 Å². The van der Waals surface area contributed by atoms with Crippen LogP contribution in [0, 0.1) is 0 Å². The van der Waals surface area contributed by atoms with Crippen molar-refractivity contribution in [3.8, 4) is 11.4 Å². The first-order chi connectivity index (χ1) is 17.0. The van der Waals surface area contributed by atoms with Crippen molar-refractivity contribution in [1.29, 1.82) is 0 Å². The summed E-state index contributed by atoms with van der Waals surface area (Å²) in [6, 6.07) is 14.6. The lowest BCUT2D eigenvalue weighted by Crippen LogP contribution is -2.27. The van der Waals surface area contributed by atoms with E-state index in [1.54, 1.807) is 28.6 Å². The second kappa shape index (κ2) is 10.3. The number of carbonyl (C=O) groups is 1. The van der Waals surface area contributed by atoms with Gasteiger partial charge in [0.05, 0.1) is 4.90 Å². The van der Waals surface area contributed by atoms with Gasteiger partial charge < -0.3 is 9.88 Å². The molecule has 0 unspecified atom stereocenters. The zero-order chi connectivity index (χ0) is 24.3. The fourth-order valence-corrected chi connectivity index (χ4v) is 6.31. The summed E-state index contributed by atoms with van der Waals surface area (Å²) in [5, 5.41) is 11.7. The minimum atomic E-state index is -3.41. The molecule has 0 atom stereocenters. The van der Waals surface area contributed by atoms with E-state index in [2.05, 4.69) is 20.1 Å². The molecule has 1 N–H and O–H groups in total. The van der Waals surface area contributed by atoms with Gasteiger partial charge in [0, 0.05) is 43.7 Å². The van der Waals surface area contributed by atoms with Crippen LogP contribution in [-0.2, 0) is 34.2 Å². The van der Waals surface area contributed by atoms with Crippen LogP contribution < -0.4 is 5.32 Å². The number of aryl methyl sites for hydroxylation is 2. The molecule has 3 aromatic rings. The SMILES string of the molecule is O=C(CCc1ccc(S(=O)(=O)N2CCCC2)cc1)Nc1ccc(-c2nnc3n2CCCCC3)cc1. The molecule has 8 nitrogen and oxygen atoms in total. The van der Waals surface area contributed by atoms with E-state index in [-0.39, 0.29) is 5.91 Å². The number of rotatable bonds is 7. The van der Waals surface area contributed by atoms with Crippen LogP contribution in [0.25, 0.3) is 11.4 Å². The van der Waals surface area contributed by atoms with E-state index in [0.717, 1.165) is 67.1 Å². The van der Waals surface area contributed by atoms with Gasteiger partial charge in [-0.1, -0.05) is 18.6 Å². The summed E-state index contributed by atoms with van der Waals surface area (Å²) in [6.07, 6.45) is 7.18. The third kappa shape index (κ3) is 5.31. The lowest BCUT2D eigenvalue weighted by atomic mass is 10.1. The summed E-state index contributed by atoms with van der Waals surface area (Å²) in [4.78, 5) is 12.8. The van der Waals surface area contributed by atoms with E-state index in [0.29, 0.717) is 30.8 Å². The van der Waals surface area contributed by atoms with E-state index >= 15 is 0 Å². The largest absolute Gasteiger partial charge is 0.326 e. The molecule has 9 heteroatoms. The van der Waals surface area contributed by atoms with Crippen molar-refractivity contribution in [2.75, 3.05) is 18.4 Å². The van der Waals surface area contributed by atoms with E-state index in [9.17, 15) is 13.2 Å². The molecular formula is C26H31N5O3S. The van der Waals surface area contributed by atoms with Gasteiger partial charge in [-0.05, 0) is 74.1 Å². The summed E-state index contributed by atoms with van der Waals surface area (Å²) in [6.45, 7) is 2.13. The highest BCUT2D eigenvalue weighted by molar-refractivity contribution is 7.89. The van der Waals surface area contributed by atoms with E-state index in [4.69, 9.17) is 0 Å². The van der Waals surface area contributed by atoms with Gasteiger partial charge in [0.15, 0.2) is 5.82 Å². The molecule has 2 aliphatic rings. The van der Waals surface area contributed by atoms with Crippen LogP contribution >= 0.6 is 0 Å². The van der Waals surface area contributed by atoms with Crippen molar-refractivity contribution >= 4 is 21.6 Å². The Morgan fingerprint density at radius 2 is 1.57 bits per heavy atom. The number of nitrogens with one attached hydrogen (secondary N) is 1. The molecule has 35 heavy (non-hydrogen) atoms. The second-order valence-corrected chi connectivity index (χ2v) is 11.2. The van der Waals surface area contributed by atoms with Crippen LogP contribution in [0.4, 0.5) is 5.69 Å². The molecule has 3 heterocycles. The van der Waals surface area contributed by atoms with Crippen LogP contribution in [-0.4, -0.2) is 46.5 Å². The van der Waals surface area contributed by atoms with Crippen molar-refractivity contribution in [2.24, 2.45) is 0 Å². The maximum atomic E-state index is 12.7. The fourth-order valence-electron chi connectivity index (χ4n) is 4.79. The molecule has 0 spiro atoms. The average molecular weight is 494 g/mol. The molecule has 0 radical (unpaired) electrons. The first-order valence-corrected chi connectivity index (χ1v) is 13.9. The zero-order valence-corrected chi connectivity index (χ0v) is 20.6. The number of sulfonamides is 1. The second-order valence-electron chi connectivity index (χ2n) is 9.28. The molecule has 5 rings (SSSR count). The Hall–Kier alpha value is -3.04. The molecule has 1 aromatic heterocycles. The number of aromatic nitrogens is 3. The highest BCUT2D eigenvalue weighted by atomic mass is 32.2. The number of hydrogen-bond donors (Lipinski definition) is 1. The summed E-state index contributed by atoms with van der Waals surface area (Å²) in [7, 11) is -3.41. The predicted molar refractivity (Wildman–Crippen MR) is 134 cm³/mol. The lowest BCUT2D eigenvalue weighted by molar-refractivity contribution is -0.116. The minimum absolute atomic E-state index is 0.0807. The first-order valence-electron chi connectivity index (χ1n) is 12.4. The Morgan fingerprint density at radius 3 is 2.31 bits per heavy atom. The zero-order valence-electron chi connectivity index (χ0n) is 19.8. The van der Waals surface area contributed by atoms with Crippen molar-refractivity contribution < 1.29 is 13.2 Å². The molecule has 1 fully saturated rings. The number of anilines is 1. The Bertz CT molecular complexity index is 1280. The van der Waals surface area contributed by atoms with Gasteiger partial charge in [-0.2, -0.15) is 4.31 Å². The van der Waals surface area contributed by atoms with Gasteiger partial charge in [-0.15, -0.1) is 10.2 Å². The van der Waals surface area contributed by atoms with Gasteiger partial charge in [-0.25, -0.2) is 8.42 Å². The van der Waals surface area contributed by atoms with Crippen LogP contribution in [0.2, 0.25) is 0 Å². The van der Waals surface area contributed by atoms with E-state index in [1.165, 1.54) is 6.42 Å². The van der Waals surface area contributed by atoms with Gasteiger partial charge in [0.1, 0.15) is 5.82 Å². The van der Waals surface area contributed by atoms with Crippen molar-refractivity contribution in [3.05, 3.63) is 59.9 Å². The topological polar surface area (TPSA) is 97.2 Å². The maximum absolute atomic E-state index is 12.7. The molecule has 0 bridgehead atoms. The maximum Gasteiger partial charge on any atom is 0.243 e. The average Bonchev–Trinajstić information content (AvgIpc) is 3.50. The number of fused-ring (bicyclic) bond motifs is 1. The number of hydrogen-bond acceptors (Lipinski definition) is 5. The fraction of sp³-hybridized carbons (Fsp3) is 0.423. The van der Waals surface area contributed by atoms with Gasteiger partial charge in [-0.3, -0.25) is 4.79 Å². The molecular weight excluding hydrogens is 462 g/mol. The molecule has 1 saturated heterocycles. The van der Waals surface area contributed by atoms with E-state index < -0.39 is 10.0 Å². The summed E-state index contributed by atoms with van der Waals surface area (Å²) in [5.74, 6) is 1.86. The Morgan fingerprint density at radius 1 is 0.857 bits per heavy atom. The quantitative estimate of drug-likeness (QED) is 0.536. The minimum Gasteiger partial charge on any atom is -0.326 e. The van der Waals surface area contributed by atoms with Crippen LogP contribution in [0.15, 0.2) is 53.4 Å². The third-order valence-electron chi connectivity index (χ3n) is 6.80. The number of carbonyl (C=O) groups excluding carboxylic acids is 1. The van der Waals surface area contributed by atoms with Crippen LogP contribution in [0.1, 0.15) is 49.9 Å². The van der Waals surface area contributed by atoms with Gasteiger partial charge in [0.2, 0.25) is 15.9 Å². The van der Waals surface area contributed by atoms with Crippen molar-refractivity contribution in [1.82, 2.24) is 19.1 Å². The van der Waals surface area contributed by atoms with E-state index in [1.807, 2.05) is 24.3 Å². The van der Waals surface area contributed by atoms with Gasteiger partial charge in [0.25, 0.3) is 0 Å². The molecule has 1 amide bonds. The highest BCUT2D eigenvalue weighted by Crippen LogP contribution is 2.24. The standard InChI is InChI=1S/C26H31N5O3S/c32-25(16-9-20-7-14-23(15-8-20)35(33,34)30-17-4-5-18-30)27-22-12-10-21(11-13-22)26-29-28-24-6-2-1-3-19-31(24)26/h7-8,10-15H,1-6,9,16-19H2,(H,27,32). The number of nitrogens with zero attached hydrogens (tertiary/aromatic N) is 4.